The highest BCUT2D eigenvalue weighted by Crippen LogP contribution is 2.49. The predicted octanol–water partition coefficient (Wildman–Crippen LogP) is 15.1. The second-order valence-electron chi connectivity index (χ2n) is 27.0. The average molecular weight is 1560 g/mol. The molecule has 0 unspecified atom stereocenters. The lowest BCUT2D eigenvalue weighted by atomic mass is 9.72. The first-order valence-electron chi connectivity index (χ1n) is 35.1. The number of alkyl halides is 12. The van der Waals surface area contributed by atoms with Gasteiger partial charge >= 0.3 is 36.6 Å². The molecule has 4 fully saturated rings. The predicted molar refractivity (Wildman–Crippen MR) is 365 cm³/mol. The van der Waals surface area contributed by atoms with Crippen LogP contribution in [0.15, 0.2) is 102 Å². The minimum absolute atomic E-state index is 0.00172. The van der Waals surface area contributed by atoms with Crippen molar-refractivity contribution in [3.8, 4) is 34.8 Å². The molecule has 0 spiro atoms. The topological polar surface area (TPSA) is 252 Å². The van der Waals surface area contributed by atoms with Gasteiger partial charge in [0.15, 0.2) is 0 Å². The van der Waals surface area contributed by atoms with Crippen LogP contribution in [0.4, 0.5) is 52.7 Å². The highest BCUT2D eigenvalue weighted by atomic mass is 32.1. The van der Waals surface area contributed by atoms with E-state index in [4.69, 9.17) is 23.7 Å². The summed E-state index contributed by atoms with van der Waals surface area (Å²) < 4.78 is 201. The molecule has 20 nitrogen and oxygen atoms in total. The summed E-state index contributed by atoms with van der Waals surface area (Å²) in [5.74, 6) is -6.15. The Labute approximate surface area is 620 Å². The maximum atomic E-state index is 15.4. The number of nitriles is 1. The van der Waals surface area contributed by atoms with Crippen LogP contribution in [0, 0.1) is 11.3 Å². The van der Waals surface area contributed by atoms with Crippen LogP contribution in [0.3, 0.4) is 0 Å². The molecular formula is C74H77F12N7O13S2. The summed E-state index contributed by atoms with van der Waals surface area (Å²) >= 11 is 0.594. The first-order valence-corrected chi connectivity index (χ1v) is 36.9. The number of hydrogen-bond acceptors (Lipinski definition) is 17. The number of para-hydroxylation sites is 1. The Morgan fingerprint density at radius 2 is 1.03 bits per heavy atom. The Balaban J connectivity index is 0.810. The number of aromatic nitrogens is 2. The number of carboxylic acids is 1. The molecule has 4 aromatic heterocycles. The van der Waals surface area contributed by atoms with E-state index < -0.39 is 127 Å². The summed E-state index contributed by atoms with van der Waals surface area (Å²) in [6.45, 7) is 2.18. The lowest BCUT2D eigenvalue weighted by molar-refractivity contribution is -0.163. The number of carbonyl (C=O) groups is 6. The van der Waals surface area contributed by atoms with Crippen molar-refractivity contribution in [3.05, 3.63) is 145 Å². The van der Waals surface area contributed by atoms with E-state index in [2.05, 4.69) is 16.0 Å². The molecule has 0 bridgehead atoms. The fourth-order valence-corrected chi connectivity index (χ4v) is 16.1. The van der Waals surface area contributed by atoms with Crippen LogP contribution in [-0.4, -0.2) is 151 Å². The van der Waals surface area contributed by atoms with E-state index in [1.54, 1.807) is 38.1 Å². The summed E-state index contributed by atoms with van der Waals surface area (Å²) in [5, 5.41) is 35.1. The molecule has 0 radical (unpaired) electrons. The van der Waals surface area contributed by atoms with E-state index in [0.29, 0.717) is 40.8 Å². The van der Waals surface area contributed by atoms with E-state index >= 15 is 9.59 Å². The number of ether oxygens (including phenoxy) is 5. The van der Waals surface area contributed by atoms with Crippen molar-refractivity contribution in [2.45, 2.75) is 182 Å². The number of piperidine rings is 4. The molecule has 2 N–H and O–H groups in total. The van der Waals surface area contributed by atoms with Crippen LogP contribution in [0.5, 0.6) is 28.7 Å². The van der Waals surface area contributed by atoms with Gasteiger partial charge in [0.25, 0.3) is 23.6 Å². The van der Waals surface area contributed by atoms with E-state index in [9.17, 15) is 87.3 Å². The minimum Gasteiger partial charge on any atom is -0.493 e. The number of likely N-dealkylation sites (tertiary alicyclic amines) is 4. The molecular weight excluding hydrogens is 1490 g/mol. The Bertz CT molecular complexity index is 4260. The molecule has 0 aliphatic carbocycles. The van der Waals surface area contributed by atoms with E-state index in [1.165, 1.54) is 28.0 Å². The van der Waals surface area contributed by atoms with Gasteiger partial charge in [-0.05, 0) is 119 Å². The fraction of sp³-hybridized carbons (Fsp3) is 0.500. The van der Waals surface area contributed by atoms with E-state index in [-0.39, 0.29) is 202 Å². The maximum Gasteiger partial charge on any atom is 0.425 e. The maximum absolute atomic E-state index is 15.4. The number of halogens is 12. The quantitative estimate of drug-likeness (QED) is 0.0222. The van der Waals surface area contributed by atoms with Gasteiger partial charge < -0.3 is 53.5 Å². The summed E-state index contributed by atoms with van der Waals surface area (Å²) in [6, 6.07) is 15.4. The Kier molecular flexibility index (Phi) is 25.1. The van der Waals surface area contributed by atoms with Crippen molar-refractivity contribution in [2.75, 3.05) is 52.5 Å². The number of rotatable bonds is 26. The monoisotopic (exact) mass is 1560 g/mol. The number of nitrogens with zero attached hydrogens (tertiary/aromatic N) is 7. The third-order valence-corrected chi connectivity index (χ3v) is 21.8. The normalized spacial score (nSPS) is 20.5. The van der Waals surface area contributed by atoms with E-state index in [1.807, 2.05) is 0 Å². The second-order valence-corrected chi connectivity index (χ2v) is 28.8. The zero-order valence-corrected chi connectivity index (χ0v) is 60.1. The zero-order valence-electron chi connectivity index (χ0n) is 58.5. The number of aliphatic hydroxyl groups is 1. The highest BCUT2D eigenvalue weighted by molar-refractivity contribution is 7.10. The number of carbonyl (C=O) groups excluding carboxylic acids is 5. The number of pyridine rings is 2. The first kappa shape index (κ1) is 81.3. The molecule has 34 heteroatoms. The number of esters is 1. The molecule has 4 aliphatic rings. The molecule has 0 saturated carbocycles. The van der Waals surface area contributed by atoms with Gasteiger partial charge in [-0.15, -0.1) is 22.7 Å². The molecule has 4 atom stereocenters. The number of aliphatic carboxylic acids is 1. The molecule has 4 amide bonds. The highest BCUT2D eigenvalue weighted by Gasteiger charge is 2.59. The molecule has 4 aliphatic heterocycles. The van der Waals surface area contributed by atoms with Crippen molar-refractivity contribution >= 4 is 58.2 Å². The SMILES string of the molecule is CCC[C@H]1N(C(=O)c2ncccc2C(F)(F)F)CCC[C@@]1(Oc1csc(C(F)(F)F)c1)C(=O)N1CCC(O)(c2cc(OC(=O)CCCCOc3ccccc3C3(C#N)CCN(C(=O)[C@]4(Oc5csc(C(F)(F)F)c5)CCCN(C(=O)c5ncccc5C(F)(F)F)[C@@H]4CCC)CC3)ccc2OCCCC(=O)O)CC1. The van der Waals surface area contributed by atoms with Gasteiger partial charge in [-0.25, -0.2) is 0 Å². The van der Waals surface area contributed by atoms with Gasteiger partial charge in [-0.1, -0.05) is 44.9 Å². The molecule has 6 aromatic rings. The molecule has 108 heavy (non-hydrogen) atoms. The average Bonchev–Trinajstić information content (AvgIpc) is 0.942. The largest absolute Gasteiger partial charge is 0.493 e. The third kappa shape index (κ3) is 17.9. The molecule has 582 valence electrons. The van der Waals surface area contributed by atoms with Crippen molar-refractivity contribution in [1.82, 2.24) is 29.6 Å². The number of thiophene rings is 2. The van der Waals surface area contributed by atoms with Gasteiger partial charge in [0.1, 0.15) is 49.9 Å². The van der Waals surface area contributed by atoms with Crippen LogP contribution >= 0.6 is 22.7 Å². The minimum atomic E-state index is -5.03. The van der Waals surface area contributed by atoms with Crippen molar-refractivity contribution in [3.63, 3.8) is 0 Å². The summed E-state index contributed by atoms with van der Waals surface area (Å²) in [7, 11) is 0. The van der Waals surface area contributed by atoms with Gasteiger partial charge in [-0.2, -0.15) is 57.9 Å². The van der Waals surface area contributed by atoms with Crippen LogP contribution in [0.2, 0.25) is 0 Å². The summed E-state index contributed by atoms with van der Waals surface area (Å²) in [6.07, 6.45) is -18.1. The third-order valence-electron chi connectivity index (χ3n) is 19.9. The fourth-order valence-electron chi connectivity index (χ4n) is 14.8. The number of carboxylic acid groups (broad SMARTS) is 1. The number of unbranched alkanes of at least 4 members (excludes halogenated alkanes) is 1. The zero-order chi connectivity index (χ0) is 78.2. The molecule has 2 aromatic carbocycles. The first-order chi connectivity index (χ1) is 51.1. The second kappa shape index (κ2) is 33.3. The van der Waals surface area contributed by atoms with Crippen LogP contribution in [0.25, 0.3) is 0 Å². The van der Waals surface area contributed by atoms with Crippen molar-refractivity contribution in [1.29, 1.82) is 5.26 Å². The standard InChI is InChI=1S/C74H77F12N7O13S2/c1-3-14-55-69(105-47-41-57(107-43-47)73(81,82)83,24-12-32-92(55)63(97)61-50(71(75,76)77)17-9-30-88-61)65(99)90-34-26-67(45-87,27-35-90)49-16-5-6-19-53(49)102-38-8-7-21-60(96)104-46-22-23-54(103-39-11-20-59(94)95)52(40-46)68(101)28-36-91(37-29-68)66(100)70(106-48-42-58(108-44-48)74(84,85)86)25-13-33-93(56(70)15-4-2)64(98)62-51(72(78,79)80)18-10-31-89-62/h5-6,9-10,16-19,22-23,30-31,40-44,55-56,101H,3-4,7-8,11-15,20-21,24-29,32-39H2,1-2H3,(H,94,95)/t55-,56-,69+,70+/m1/s1. The van der Waals surface area contributed by atoms with Gasteiger partial charge in [0.05, 0.1) is 53.5 Å². The number of hydrogen-bond donors (Lipinski definition) is 2. The lowest BCUT2D eigenvalue weighted by Crippen LogP contribution is -2.68. The van der Waals surface area contributed by atoms with Gasteiger partial charge in [-0.3, -0.25) is 38.7 Å². The summed E-state index contributed by atoms with van der Waals surface area (Å²) in [5.41, 5.74) is -11.5. The Morgan fingerprint density at radius 3 is 1.48 bits per heavy atom. The van der Waals surface area contributed by atoms with E-state index in [0.717, 1.165) is 51.2 Å². The smallest absolute Gasteiger partial charge is 0.425 e. The van der Waals surface area contributed by atoms with Crippen molar-refractivity contribution < 1.29 is 115 Å². The Morgan fingerprint density at radius 1 is 0.556 bits per heavy atom. The number of amides is 4. The molecule has 8 heterocycles. The van der Waals surface area contributed by atoms with Crippen LogP contribution < -0.4 is 23.7 Å². The Hall–Kier alpha value is -9.23. The van der Waals surface area contributed by atoms with Gasteiger partial charge in [0, 0.05) is 111 Å². The van der Waals surface area contributed by atoms with Crippen LogP contribution in [-0.2, 0) is 54.9 Å². The van der Waals surface area contributed by atoms with Crippen LogP contribution in [0.1, 0.15) is 176 Å². The molecule has 10 rings (SSSR count). The van der Waals surface area contributed by atoms with Gasteiger partial charge in [0.2, 0.25) is 11.2 Å². The summed E-state index contributed by atoms with van der Waals surface area (Å²) in [4.78, 5) is 94.8. The number of benzene rings is 2. The lowest BCUT2D eigenvalue weighted by Gasteiger charge is -2.51. The molecule has 4 saturated heterocycles. The van der Waals surface area contributed by atoms with Crippen molar-refractivity contribution in [2.24, 2.45) is 0 Å².